The fourth-order valence-corrected chi connectivity index (χ4v) is 2.03. The maximum absolute atomic E-state index is 10.6. The van der Waals surface area contributed by atoms with E-state index in [1.807, 2.05) is 0 Å². The Morgan fingerprint density at radius 2 is 2.29 bits per heavy atom. The molecule has 0 amide bonds. The lowest BCUT2D eigenvalue weighted by Gasteiger charge is -1.95. The number of aryl methyl sites for hydroxylation is 1. The highest BCUT2D eigenvalue weighted by Crippen LogP contribution is 2.15. The van der Waals surface area contributed by atoms with Gasteiger partial charge in [-0.2, -0.15) is 0 Å². The standard InChI is InChI=1S/C10H15NO2S/c1-2-3-4-5-6-9-11-7-8(14-9)10(12)13/h7H,2-6H2,1H3,(H,12,13). The van der Waals surface area contributed by atoms with E-state index >= 15 is 0 Å². The molecule has 1 N–H and O–H groups in total. The number of thiazole rings is 1. The van der Waals surface area contributed by atoms with Crippen molar-refractivity contribution in [3.05, 3.63) is 16.1 Å². The van der Waals surface area contributed by atoms with Crippen LogP contribution in [0.5, 0.6) is 0 Å². The summed E-state index contributed by atoms with van der Waals surface area (Å²) in [5.74, 6) is -0.873. The quantitative estimate of drug-likeness (QED) is 0.739. The van der Waals surface area contributed by atoms with Crippen LogP contribution in [0.25, 0.3) is 0 Å². The summed E-state index contributed by atoms with van der Waals surface area (Å²) in [5, 5.41) is 9.62. The molecule has 0 aromatic carbocycles. The Hall–Kier alpha value is -0.900. The summed E-state index contributed by atoms with van der Waals surface area (Å²) in [7, 11) is 0. The number of aromatic carboxylic acids is 1. The third-order valence-corrected chi connectivity index (χ3v) is 3.05. The number of hydrogen-bond donors (Lipinski definition) is 1. The van der Waals surface area contributed by atoms with Crippen LogP contribution in [0.4, 0.5) is 0 Å². The largest absolute Gasteiger partial charge is 0.477 e. The summed E-state index contributed by atoms with van der Waals surface area (Å²) >= 11 is 1.29. The van der Waals surface area contributed by atoms with Crippen LogP contribution in [-0.4, -0.2) is 16.1 Å². The van der Waals surface area contributed by atoms with Gasteiger partial charge in [-0.3, -0.25) is 0 Å². The highest BCUT2D eigenvalue weighted by atomic mass is 32.1. The predicted molar refractivity (Wildman–Crippen MR) is 56.9 cm³/mol. The van der Waals surface area contributed by atoms with Gasteiger partial charge in [-0.05, 0) is 12.8 Å². The summed E-state index contributed by atoms with van der Waals surface area (Å²) in [6, 6.07) is 0. The van der Waals surface area contributed by atoms with Crippen molar-refractivity contribution >= 4 is 17.3 Å². The highest BCUT2D eigenvalue weighted by molar-refractivity contribution is 7.13. The number of aromatic nitrogens is 1. The van der Waals surface area contributed by atoms with Crippen molar-refractivity contribution in [1.82, 2.24) is 4.98 Å². The van der Waals surface area contributed by atoms with Crippen LogP contribution in [-0.2, 0) is 6.42 Å². The molecule has 3 nitrogen and oxygen atoms in total. The number of nitrogens with zero attached hydrogens (tertiary/aromatic N) is 1. The van der Waals surface area contributed by atoms with Gasteiger partial charge in [0.15, 0.2) is 0 Å². The van der Waals surface area contributed by atoms with Crippen LogP contribution in [0, 0.1) is 0 Å². The van der Waals surface area contributed by atoms with Gasteiger partial charge in [-0.25, -0.2) is 9.78 Å². The fraction of sp³-hybridized carbons (Fsp3) is 0.600. The normalized spacial score (nSPS) is 10.4. The number of hydrogen-bond acceptors (Lipinski definition) is 3. The van der Waals surface area contributed by atoms with Crippen LogP contribution in [0.3, 0.4) is 0 Å². The number of rotatable bonds is 6. The SMILES string of the molecule is CCCCCCc1ncc(C(=O)O)s1. The summed E-state index contributed by atoms with van der Waals surface area (Å²) in [5.41, 5.74) is 0. The Morgan fingerprint density at radius 1 is 1.50 bits per heavy atom. The first-order valence-corrected chi connectivity index (χ1v) is 5.73. The predicted octanol–water partition coefficient (Wildman–Crippen LogP) is 2.96. The zero-order valence-electron chi connectivity index (χ0n) is 8.32. The topological polar surface area (TPSA) is 50.2 Å². The molecule has 0 unspecified atom stereocenters. The summed E-state index contributed by atoms with van der Waals surface area (Å²) < 4.78 is 0. The second-order valence-electron chi connectivity index (χ2n) is 3.23. The monoisotopic (exact) mass is 213 g/mol. The second-order valence-corrected chi connectivity index (χ2v) is 4.35. The molecule has 0 fully saturated rings. The van der Waals surface area contributed by atoms with Crippen molar-refractivity contribution in [2.24, 2.45) is 0 Å². The molecule has 1 aromatic heterocycles. The molecular weight excluding hydrogens is 198 g/mol. The van der Waals surface area contributed by atoms with E-state index in [1.165, 1.54) is 36.8 Å². The molecule has 78 valence electrons. The van der Waals surface area contributed by atoms with Crippen LogP contribution >= 0.6 is 11.3 Å². The maximum atomic E-state index is 10.6. The first-order chi connectivity index (χ1) is 6.74. The molecule has 4 heteroatoms. The van der Waals surface area contributed by atoms with Gasteiger partial charge in [-0.15, -0.1) is 11.3 Å². The van der Waals surface area contributed by atoms with Crippen LogP contribution in [0.2, 0.25) is 0 Å². The minimum Gasteiger partial charge on any atom is -0.477 e. The number of carboxylic acids is 1. The molecule has 0 saturated heterocycles. The molecule has 0 saturated carbocycles. The molecular formula is C10H15NO2S. The molecule has 14 heavy (non-hydrogen) atoms. The van der Waals surface area contributed by atoms with E-state index in [2.05, 4.69) is 11.9 Å². The molecule has 1 aromatic rings. The lowest BCUT2D eigenvalue weighted by atomic mass is 10.2. The third kappa shape index (κ3) is 3.46. The summed E-state index contributed by atoms with van der Waals surface area (Å²) in [4.78, 5) is 15.0. The van der Waals surface area contributed by atoms with Crippen LogP contribution in [0.15, 0.2) is 6.20 Å². The lowest BCUT2D eigenvalue weighted by molar-refractivity contribution is 0.0702. The lowest BCUT2D eigenvalue weighted by Crippen LogP contribution is -1.89. The average molecular weight is 213 g/mol. The fourth-order valence-electron chi connectivity index (χ4n) is 1.23. The smallest absolute Gasteiger partial charge is 0.347 e. The van der Waals surface area contributed by atoms with Gasteiger partial charge in [0.2, 0.25) is 0 Å². The zero-order valence-corrected chi connectivity index (χ0v) is 9.14. The summed E-state index contributed by atoms with van der Waals surface area (Å²) in [6.45, 7) is 2.17. The molecule has 0 radical (unpaired) electrons. The molecule has 0 bridgehead atoms. The average Bonchev–Trinajstić information content (AvgIpc) is 2.61. The minimum absolute atomic E-state index is 0.343. The Kier molecular flexibility index (Phi) is 4.59. The van der Waals surface area contributed by atoms with Crippen LogP contribution in [0.1, 0.15) is 47.3 Å². The van der Waals surface area contributed by atoms with E-state index < -0.39 is 5.97 Å². The van der Waals surface area contributed by atoms with Crippen molar-refractivity contribution in [3.63, 3.8) is 0 Å². The van der Waals surface area contributed by atoms with Gasteiger partial charge in [0.05, 0.1) is 11.2 Å². The zero-order chi connectivity index (χ0) is 10.4. The Labute approximate surface area is 87.8 Å². The number of carboxylic acid groups (broad SMARTS) is 1. The van der Waals surface area contributed by atoms with Gasteiger partial charge in [0.1, 0.15) is 4.88 Å². The van der Waals surface area contributed by atoms with Gasteiger partial charge in [0, 0.05) is 0 Å². The van der Waals surface area contributed by atoms with Gasteiger partial charge >= 0.3 is 5.97 Å². The highest BCUT2D eigenvalue weighted by Gasteiger charge is 2.07. The van der Waals surface area contributed by atoms with Gasteiger partial charge < -0.3 is 5.11 Å². The van der Waals surface area contributed by atoms with Crippen molar-refractivity contribution in [3.8, 4) is 0 Å². The minimum atomic E-state index is -0.873. The van der Waals surface area contributed by atoms with Crippen molar-refractivity contribution in [2.45, 2.75) is 39.0 Å². The third-order valence-electron chi connectivity index (χ3n) is 2.01. The van der Waals surface area contributed by atoms with E-state index in [9.17, 15) is 4.79 Å². The Balaban J connectivity index is 2.33. The Bertz CT molecular complexity index is 296. The van der Waals surface area contributed by atoms with Crippen molar-refractivity contribution < 1.29 is 9.90 Å². The Morgan fingerprint density at radius 3 is 2.86 bits per heavy atom. The van der Waals surface area contributed by atoms with E-state index in [0.29, 0.717) is 4.88 Å². The van der Waals surface area contributed by atoms with Crippen molar-refractivity contribution in [1.29, 1.82) is 0 Å². The molecule has 0 aliphatic rings. The van der Waals surface area contributed by atoms with E-state index in [0.717, 1.165) is 17.8 Å². The first-order valence-electron chi connectivity index (χ1n) is 4.92. The molecule has 0 aliphatic carbocycles. The number of unbranched alkanes of at least 4 members (excludes halogenated alkanes) is 3. The molecule has 0 atom stereocenters. The summed E-state index contributed by atoms with van der Waals surface area (Å²) in [6.07, 6.45) is 7.15. The molecule has 1 rings (SSSR count). The van der Waals surface area contributed by atoms with Crippen LogP contribution < -0.4 is 0 Å². The van der Waals surface area contributed by atoms with E-state index in [4.69, 9.17) is 5.11 Å². The van der Waals surface area contributed by atoms with Gasteiger partial charge in [0.25, 0.3) is 0 Å². The van der Waals surface area contributed by atoms with Crippen molar-refractivity contribution in [2.75, 3.05) is 0 Å². The second kappa shape index (κ2) is 5.75. The maximum Gasteiger partial charge on any atom is 0.347 e. The molecule has 0 aliphatic heterocycles. The van der Waals surface area contributed by atoms with E-state index in [1.54, 1.807) is 0 Å². The molecule has 0 spiro atoms. The van der Waals surface area contributed by atoms with E-state index in [-0.39, 0.29) is 0 Å². The van der Waals surface area contributed by atoms with Gasteiger partial charge in [-0.1, -0.05) is 26.2 Å². The number of carbonyl (C=O) groups is 1. The molecule has 1 heterocycles. The first kappa shape index (κ1) is 11.2.